The summed E-state index contributed by atoms with van der Waals surface area (Å²) in [6.07, 6.45) is 7.78. The molecule has 0 saturated carbocycles. The molecule has 0 aliphatic rings. The van der Waals surface area contributed by atoms with E-state index < -0.39 is 0 Å². The minimum absolute atomic E-state index is 0.0670. The molecule has 29 heavy (non-hydrogen) atoms. The zero-order chi connectivity index (χ0) is 21.7. The smallest absolute Gasteiger partial charge is 0.182 e. The third-order valence-electron chi connectivity index (χ3n) is 4.73. The Morgan fingerprint density at radius 2 is 1.07 bits per heavy atom. The van der Waals surface area contributed by atoms with Crippen molar-refractivity contribution in [2.24, 2.45) is 0 Å². The van der Waals surface area contributed by atoms with E-state index in [9.17, 15) is 9.90 Å². The first-order valence-corrected chi connectivity index (χ1v) is 9.97. The van der Waals surface area contributed by atoms with Crippen LogP contribution < -0.4 is 0 Å². The number of rotatable bonds is 5. The second-order valence-electron chi connectivity index (χ2n) is 9.38. The molecule has 0 unspecified atom stereocenters. The van der Waals surface area contributed by atoms with Gasteiger partial charge in [0.15, 0.2) is 5.78 Å². The van der Waals surface area contributed by atoms with E-state index in [-0.39, 0.29) is 22.4 Å². The van der Waals surface area contributed by atoms with Crippen LogP contribution >= 0.6 is 0 Å². The van der Waals surface area contributed by atoms with Crippen molar-refractivity contribution in [1.82, 2.24) is 0 Å². The summed E-state index contributed by atoms with van der Waals surface area (Å²) in [6, 6.07) is 16.3. The number of benzene rings is 2. The monoisotopic (exact) mass is 388 g/mol. The summed E-state index contributed by atoms with van der Waals surface area (Å²) in [5.74, 6) is -0.322. The molecule has 152 valence electrons. The Kier molecular flexibility index (Phi) is 7.02. The molecule has 2 rings (SSSR count). The molecular weight excluding hydrogens is 356 g/mol. The molecule has 2 aromatic carbocycles. The zero-order valence-corrected chi connectivity index (χ0v) is 18.4. The SMILES string of the molecule is CC(C)(C)c1ccc(/C=C/C(=O)/C=C(O)\C=C\c2ccc(C(C)(C)C)cc2)cc1. The summed E-state index contributed by atoms with van der Waals surface area (Å²) < 4.78 is 0. The Bertz CT molecular complexity index is 910. The topological polar surface area (TPSA) is 37.3 Å². The van der Waals surface area contributed by atoms with Gasteiger partial charge in [0.1, 0.15) is 5.76 Å². The first-order valence-electron chi connectivity index (χ1n) is 9.97. The number of carbonyl (C=O) groups is 1. The van der Waals surface area contributed by atoms with Crippen molar-refractivity contribution in [1.29, 1.82) is 0 Å². The van der Waals surface area contributed by atoms with Gasteiger partial charge in [-0.3, -0.25) is 4.79 Å². The lowest BCUT2D eigenvalue weighted by molar-refractivity contribution is -0.110. The number of hydrogen-bond donors (Lipinski definition) is 1. The molecule has 2 heteroatoms. The standard InChI is InChI=1S/C27H32O2/c1-26(2,3)22-13-7-20(8-14-22)11-17-24(28)19-25(29)18-12-21-9-15-23(16-10-21)27(4,5)6/h7-19,28H,1-6H3/b17-11+,18-12+,24-19+. The lowest BCUT2D eigenvalue weighted by atomic mass is 9.87. The molecule has 2 aromatic rings. The molecule has 0 fully saturated rings. The lowest BCUT2D eigenvalue weighted by Gasteiger charge is -2.18. The van der Waals surface area contributed by atoms with Crippen LogP contribution in [0.4, 0.5) is 0 Å². The van der Waals surface area contributed by atoms with Crippen LogP contribution in [-0.2, 0) is 15.6 Å². The Labute approximate surface area is 175 Å². The summed E-state index contributed by atoms with van der Waals surface area (Å²) in [7, 11) is 0. The van der Waals surface area contributed by atoms with E-state index >= 15 is 0 Å². The fourth-order valence-corrected chi connectivity index (χ4v) is 2.79. The van der Waals surface area contributed by atoms with Gasteiger partial charge in [0, 0.05) is 6.08 Å². The van der Waals surface area contributed by atoms with E-state index in [2.05, 4.69) is 65.8 Å². The largest absolute Gasteiger partial charge is 0.508 e. The van der Waals surface area contributed by atoms with Gasteiger partial charge in [-0.2, -0.15) is 0 Å². The van der Waals surface area contributed by atoms with E-state index in [0.717, 1.165) is 11.1 Å². The molecule has 1 N–H and O–H groups in total. The molecule has 0 heterocycles. The van der Waals surface area contributed by atoms with Crippen LogP contribution in [0.1, 0.15) is 63.8 Å². The van der Waals surface area contributed by atoms with E-state index in [0.29, 0.717) is 0 Å². The van der Waals surface area contributed by atoms with Crippen molar-refractivity contribution in [2.75, 3.05) is 0 Å². The summed E-state index contributed by atoms with van der Waals surface area (Å²) in [6.45, 7) is 13.0. The second-order valence-corrected chi connectivity index (χ2v) is 9.38. The Morgan fingerprint density at radius 3 is 1.45 bits per heavy atom. The van der Waals surface area contributed by atoms with Crippen molar-refractivity contribution in [3.63, 3.8) is 0 Å². The normalized spacial score (nSPS) is 13.4. The molecule has 0 bridgehead atoms. The molecule has 0 amide bonds. The number of carbonyl (C=O) groups excluding carboxylic acids is 1. The first kappa shape index (κ1) is 22.4. The molecule has 0 aliphatic heterocycles. The molecule has 0 aliphatic carbocycles. The van der Waals surface area contributed by atoms with Crippen molar-refractivity contribution in [3.05, 3.63) is 94.8 Å². The van der Waals surface area contributed by atoms with Gasteiger partial charge < -0.3 is 5.11 Å². The number of allylic oxidation sites excluding steroid dienone is 3. The Hall–Kier alpha value is -2.87. The maximum atomic E-state index is 12.1. The molecule has 0 atom stereocenters. The highest BCUT2D eigenvalue weighted by Crippen LogP contribution is 2.23. The van der Waals surface area contributed by atoms with Crippen LogP contribution in [0, 0.1) is 0 Å². The third-order valence-corrected chi connectivity index (χ3v) is 4.73. The minimum Gasteiger partial charge on any atom is -0.508 e. The van der Waals surface area contributed by atoms with Gasteiger partial charge in [-0.1, -0.05) is 102 Å². The molecule has 0 spiro atoms. The maximum absolute atomic E-state index is 12.1. The summed E-state index contributed by atoms with van der Waals surface area (Å²) >= 11 is 0. The van der Waals surface area contributed by atoms with Gasteiger partial charge in [-0.05, 0) is 45.2 Å². The average molecular weight is 389 g/mol. The number of aliphatic hydroxyl groups is 1. The molecular formula is C27H32O2. The second kappa shape index (κ2) is 9.09. The van der Waals surface area contributed by atoms with E-state index in [4.69, 9.17) is 0 Å². The summed E-state index contributed by atoms with van der Waals surface area (Å²) in [5.41, 5.74) is 4.64. The maximum Gasteiger partial charge on any atom is 0.182 e. The van der Waals surface area contributed by atoms with Gasteiger partial charge >= 0.3 is 0 Å². The molecule has 0 radical (unpaired) electrons. The zero-order valence-electron chi connectivity index (χ0n) is 18.4. The average Bonchev–Trinajstić information content (AvgIpc) is 2.64. The van der Waals surface area contributed by atoms with Gasteiger partial charge in [-0.15, -0.1) is 0 Å². The quantitative estimate of drug-likeness (QED) is 0.339. The summed E-state index contributed by atoms with van der Waals surface area (Å²) in [5, 5.41) is 10.0. The minimum atomic E-state index is -0.255. The van der Waals surface area contributed by atoms with E-state index in [1.54, 1.807) is 12.2 Å². The van der Waals surface area contributed by atoms with Crippen LogP contribution in [0.3, 0.4) is 0 Å². The molecule has 2 nitrogen and oxygen atoms in total. The number of hydrogen-bond acceptors (Lipinski definition) is 2. The fraction of sp³-hybridized carbons (Fsp3) is 0.296. The fourth-order valence-electron chi connectivity index (χ4n) is 2.79. The molecule has 0 saturated heterocycles. The highest BCUT2D eigenvalue weighted by atomic mass is 16.3. The number of ketones is 1. The van der Waals surface area contributed by atoms with Gasteiger partial charge in [0.25, 0.3) is 0 Å². The van der Waals surface area contributed by atoms with Crippen LogP contribution in [0.5, 0.6) is 0 Å². The highest BCUT2D eigenvalue weighted by Gasteiger charge is 2.13. The van der Waals surface area contributed by atoms with Crippen LogP contribution in [0.2, 0.25) is 0 Å². The number of aliphatic hydroxyl groups excluding tert-OH is 1. The van der Waals surface area contributed by atoms with Crippen LogP contribution in [-0.4, -0.2) is 10.9 Å². The van der Waals surface area contributed by atoms with E-state index in [1.165, 1.54) is 29.4 Å². The van der Waals surface area contributed by atoms with Gasteiger partial charge in [0.2, 0.25) is 0 Å². The summed E-state index contributed by atoms with van der Waals surface area (Å²) in [4.78, 5) is 12.1. The molecule has 0 aromatic heterocycles. The van der Waals surface area contributed by atoms with Crippen LogP contribution in [0.15, 0.2) is 72.5 Å². The Balaban J connectivity index is 1.99. The lowest BCUT2D eigenvalue weighted by Crippen LogP contribution is -2.10. The predicted molar refractivity (Wildman–Crippen MR) is 124 cm³/mol. The van der Waals surface area contributed by atoms with Crippen molar-refractivity contribution >= 4 is 17.9 Å². The van der Waals surface area contributed by atoms with Gasteiger partial charge in [-0.25, -0.2) is 0 Å². The predicted octanol–water partition coefficient (Wildman–Crippen LogP) is 7.02. The van der Waals surface area contributed by atoms with E-state index in [1.807, 2.05) is 24.3 Å². The van der Waals surface area contributed by atoms with Crippen molar-refractivity contribution in [2.45, 2.75) is 52.4 Å². The first-order chi connectivity index (χ1) is 13.4. The van der Waals surface area contributed by atoms with Gasteiger partial charge in [0.05, 0.1) is 0 Å². The van der Waals surface area contributed by atoms with Crippen LogP contribution in [0.25, 0.3) is 12.2 Å². The van der Waals surface area contributed by atoms with Crippen molar-refractivity contribution in [3.8, 4) is 0 Å². The highest BCUT2D eigenvalue weighted by molar-refractivity contribution is 6.02. The van der Waals surface area contributed by atoms with Crippen molar-refractivity contribution < 1.29 is 9.90 Å². The third kappa shape index (κ3) is 7.23. The Morgan fingerprint density at radius 1 is 0.690 bits per heavy atom.